The molecular weight excluding hydrogens is 213 g/mol. The minimum atomic E-state index is 0.0974. The Morgan fingerprint density at radius 1 is 1.54 bits per heavy atom. The molecule has 6 heteroatoms. The first-order chi connectivity index (χ1) is 6.11. The molecule has 2 N–H and O–H groups in total. The molecule has 4 nitrogen and oxygen atoms in total. The molecule has 0 atom stereocenters. The average Bonchev–Trinajstić information content (AvgIpc) is 2.01. The number of methoxy groups -OCH3 is 1. The van der Waals surface area contributed by atoms with Crippen molar-refractivity contribution < 1.29 is 4.74 Å². The van der Waals surface area contributed by atoms with Crippen LogP contribution >= 0.6 is 23.2 Å². The second-order valence-corrected chi connectivity index (χ2v) is 3.14. The van der Waals surface area contributed by atoms with Crippen LogP contribution in [0.3, 0.4) is 0 Å². The molecule has 0 aliphatic carbocycles. The number of hydrogen-bond acceptors (Lipinski definition) is 4. The van der Waals surface area contributed by atoms with Crippen molar-refractivity contribution in [3.8, 4) is 5.88 Å². The SMILES string of the molecule is COc1cc(C=C(Cl)Cl)nc(N)n1. The maximum absolute atomic E-state index is 5.44. The molecule has 0 radical (unpaired) electrons. The maximum Gasteiger partial charge on any atom is 0.223 e. The van der Waals surface area contributed by atoms with Crippen LogP contribution in [0, 0.1) is 0 Å². The van der Waals surface area contributed by atoms with Crippen molar-refractivity contribution in [3.05, 3.63) is 16.3 Å². The highest BCUT2D eigenvalue weighted by Gasteiger charge is 2.00. The molecule has 0 aromatic carbocycles. The van der Waals surface area contributed by atoms with Gasteiger partial charge in [-0.2, -0.15) is 4.98 Å². The van der Waals surface area contributed by atoms with E-state index in [0.717, 1.165) is 0 Å². The molecule has 0 aliphatic rings. The Morgan fingerprint density at radius 2 is 2.23 bits per heavy atom. The minimum absolute atomic E-state index is 0.0974. The van der Waals surface area contributed by atoms with Gasteiger partial charge in [-0.3, -0.25) is 0 Å². The van der Waals surface area contributed by atoms with Crippen LogP contribution in [0.25, 0.3) is 6.08 Å². The molecule has 0 bridgehead atoms. The molecule has 0 amide bonds. The first-order valence-electron chi connectivity index (χ1n) is 3.33. The molecule has 1 heterocycles. The van der Waals surface area contributed by atoms with E-state index in [-0.39, 0.29) is 10.4 Å². The van der Waals surface area contributed by atoms with E-state index in [1.807, 2.05) is 0 Å². The Bertz CT molecular complexity index is 337. The molecule has 1 aromatic heterocycles. The third kappa shape index (κ3) is 3.08. The normalized spacial score (nSPS) is 9.46. The van der Waals surface area contributed by atoms with Gasteiger partial charge in [-0.15, -0.1) is 0 Å². The molecule has 0 fully saturated rings. The Morgan fingerprint density at radius 3 is 2.77 bits per heavy atom. The highest BCUT2D eigenvalue weighted by molar-refractivity contribution is 6.57. The predicted octanol–water partition coefficient (Wildman–Crippen LogP) is 1.84. The number of nitrogens with two attached hydrogens (primary N) is 1. The largest absolute Gasteiger partial charge is 0.481 e. The average molecular weight is 220 g/mol. The van der Waals surface area contributed by atoms with Crippen molar-refractivity contribution >= 4 is 35.2 Å². The van der Waals surface area contributed by atoms with E-state index in [2.05, 4.69) is 9.97 Å². The Hall–Kier alpha value is -1.00. The van der Waals surface area contributed by atoms with Crippen LogP contribution in [-0.4, -0.2) is 17.1 Å². The number of ether oxygens (including phenoxy) is 1. The van der Waals surface area contributed by atoms with Gasteiger partial charge < -0.3 is 10.5 Å². The van der Waals surface area contributed by atoms with E-state index in [4.69, 9.17) is 33.7 Å². The first-order valence-corrected chi connectivity index (χ1v) is 4.08. The summed E-state index contributed by atoms with van der Waals surface area (Å²) in [5, 5.41) is 0. The van der Waals surface area contributed by atoms with Gasteiger partial charge in [0.15, 0.2) is 0 Å². The highest BCUT2D eigenvalue weighted by atomic mass is 35.5. The summed E-state index contributed by atoms with van der Waals surface area (Å²) in [5.41, 5.74) is 5.90. The summed E-state index contributed by atoms with van der Waals surface area (Å²) in [5.74, 6) is 0.480. The van der Waals surface area contributed by atoms with E-state index in [9.17, 15) is 0 Å². The second kappa shape index (κ2) is 4.30. The van der Waals surface area contributed by atoms with E-state index in [1.54, 1.807) is 6.07 Å². The number of nitrogen functional groups attached to an aromatic ring is 1. The first kappa shape index (κ1) is 10.1. The van der Waals surface area contributed by atoms with Crippen LogP contribution in [0.1, 0.15) is 5.69 Å². The predicted molar refractivity (Wildman–Crippen MR) is 52.7 cm³/mol. The molecular formula is C7H7Cl2N3O. The van der Waals surface area contributed by atoms with Crippen molar-refractivity contribution in [2.24, 2.45) is 0 Å². The zero-order valence-corrected chi connectivity index (χ0v) is 8.30. The van der Waals surface area contributed by atoms with Crippen LogP contribution < -0.4 is 10.5 Å². The summed E-state index contributed by atoms with van der Waals surface area (Å²) in [6.45, 7) is 0. The van der Waals surface area contributed by atoms with Gasteiger partial charge in [0, 0.05) is 6.07 Å². The summed E-state index contributed by atoms with van der Waals surface area (Å²) in [6, 6.07) is 1.57. The van der Waals surface area contributed by atoms with Crippen LogP contribution in [0.5, 0.6) is 5.88 Å². The minimum Gasteiger partial charge on any atom is -0.481 e. The second-order valence-electron chi connectivity index (χ2n) is 2.13. The van der Waals surface area contributed by atoms with Crippen molar-refractivity contribution in [3.63, 3.8) is 0 Å². The van der Waals surface area contributed by atoms with Gasteiger partial charge in [-0.25, -0.2) is 4.98 Å². The molecule has 1 aromatic rings. The monoisotopic (exact) mass is 219 g/mol. The lowest BCUT2D eigenvalue weighted by Gasteiger charge is -2.00. The molecule has 0 unspecified atom stereocenters. The van der Waals surface area contributed by atoms with Crippen LogP contribution in [-0.2, 0) is 0 Å². The number of aromatic nitrogens is 2. The van der Waals surface area contributed by atoms with Gasteiger partial charge in [0.2, 0.25) is 11.8 Å². The lowest BCUT2D eigenvalue weighted by atomic mass is 10.4. The molecule has 0 aliphatic heterocycles. The highest BCUT2D eigenvalue weighted by Crippen LogP contribution is 2.16. The number of nitrogens with zero attached hydrogens (tertiary/aromatic N) is 2. The van der Waals surface area contributed by atoms with Crippen LogP contribution in [0.15, 0.2) is 10.6 Å². The quantitative estimate of drug-likeness (QED) is 0.825. The van der Waals surface area contributed by atoms with E-state index < -0.39 is 0 Å². The number of halogens is 2. The fourth-order valence-corrected chi connectivity index (χ4v) is 0.975. The third-order valence-electron chi connectivity index (χ3n) is 1.21. The summed E-state index contributed by atoms with van der Waals surface area (Å²) in [4.78, 5) is 7.65. The Labute approximate surface area is 85.3 Å². The molecule has 70 valence electrons. The van der Waals surface area contributed by atoms with Gasteiger partial charge in [-0.1, -0.05) is 23.2 Å². The van der Waals surface area contributed by atoms with Crippen LogP contribution in [0.2, 0.25) is 0 Å². The summed E-state index contributed by atoms with van der Waals surface area (Å²) < 4.78 is 4.97. The number of anilines is 1. The van der Waals surface area contributed by atoms with Gasteiger partial charge in [0.1, 0.15) is 4.49 Å². The molecule has 0 saturated carbocycles. The third-order valence-corrected chi connectivity index (χ3v) is 1.42. The van der Waals surface area contributed by atoms with Gasteiger partial charge in [0.25, 0.3) is 0 Å². The molecule has 13 heavy (non-hydrogen) atoms. The number of rotatable bonds is 2. The van der Waals surface area contributed by atoms with Crippen molar-refractivity contribution in [2.75, 3.05) is 12.8 Å². The fraction of sp³-hybridized carbons (Fsp3) is 0.143. The summed E-state index contributed by atoms with van der Waals surface area (Å²) >= 11 is 10.9. The van der Waals surface area contributed by atoms with Gasteiger partial charge >= 0.3 is 0 Å². The topological polar surface area (TPSA) is 61.0 Å². The van der Waals surface area contributed by atoms with Gasteiger partial charge in [-0.05, 0) is 6.08 Å². The van der Waals surface area contributed by atoms with Crippen molar-refractivity contribution in [1.82, 2.24) is 9.97 Å². The zero-order valence-electron chi connectivity index (χ0n) is 6.79. The lowest BCUT2D eigenvalue weighted by Crippen LogP contribution is -1.98. The van der Waals surface area contributed by atoms with Gasteiger partial charge in [0.05, 0.1) is 12.8 Å². The standard InChI is InChI=1S/C7H7Cl2N3O/c1-13-6-3-4(2-5(8)9)11-7(10)12-6/h2-3H,1H3,(H2,10,11,12). The van der Waals surface area contributed by atoms with E-state index in [1.165, 1.54) is 13.2 Å². The van der Waals surface area contributed by atoms with E-state index >= 15 is 0 Å². The number of hydrogen-bond donors (Lipinski definition) is 1. The summed E-state index contributed by atoms with van der Waals surface area (Å²) in [7, 11) is 1.48. The lowest BCUT2D eigenvalue weighted by molar-refractivity contribution is 0.397. The van der Waals surface area contributed by atoms with Crippen molar-refractivity contribution in [1.29, 1.82) is 0 Å². The Kier molecular flexibility index (Phi) is 3.33. The molecule has 1 rings (SSSR count). The fourth-order valence-electron chi connectivity index (χ4n) is 0.752. The van der Waals surface area contributed by atoms with Crippen LogP contribution in [0.4, 0.5) is 5.95 Å². The maximum atomic E-state index is 5.44. The molecule has 0 spiro atoms. The van der Waals surface area contributed by atoms with E-state index in [0.29, 0.717) is 11.6 Å². The summed E-state index contributed by atoms with van der Waals surface area (Å²) in [6.07, 6.45) is 1.45. The molecule has 0 saturated heterocycles. The van der Waals surface area contributed by atoms with Crippen molar-refractivity contribution in [2.45, 2.75) is 0 Å². The zero-order chi connectivity index (χ0) is 9.84. The Balaban J connectivity index is 3.09. The smallest absolute Gasteiger partial charge is 0.223 e.